The molecule has 3 aromatic rings. The Hall–Kier alpha value is -3.41. The summed E-state index contributed by atoms with van der Waals surface area (Å²) in [6, 6.07) is 19.1. The van der Waals surface area contributed by atoms with Crippen molar-refractivity contribution >= 4 is 11.9 Å². The molecule has 0 spiro atoms. The van der Waals surface area contributed by atoms with Gasteiger partial charge in [0.15, 0.2) is 6.61 Å². The Kier molecular flexibility index (Phi) is 5.42. The number of esters is 1. The molecule has 6 nitrogen and oxygen atoms in total. The van der Waals surface area contributed by atoms with Crippen molar-refractivity contribution in [3.8, 4) is 16.9 Å². The fraction of sp³-hybridized carbons (Fsp3) is 0.261. The number of aromatic nitrogens is 2. The van der Waals surface area contributed by atoms with Crippen LogP contribution in [0.5, 0.6) is 0 Å². The number of carbonyl (C=O) groups is 2. The zero-order chi connectivity index (χ0) is 20.2. The van der Waals surface area contributed by atoms with E-state index in [4.69, 9.17) is 4.74 Å². The first-order valence-corrected chi connectivity index (χ1v) is 9.79. The van der Waals surface area contributed by atoms with Crippen LogP contribution < -0.4 is 5.32 Å². The molecule has 0 aliphatic heterocycles. The Morgan fingerprint density at radius 3 is 2.41 bits per heavy atom. The number of carbonyl (C=O) groups excluding carboxylic acids is 2. The summed E-state index contributed by atoms with van der Waals surface area (Å²) in [6.07, 6.45) is 3.92. The Morgan fingerprint density at radius 2 is 1.76 bits per heavy atom. The lowest BCUT2D eigenvalue weighted by Gasteiger charge is -2.12. The number of hydrogen-bond donors (Lipinski definition) is 1. The van der Waals surface area contributed by atoms with E-state index in [1.165, 1.54) is 0 Å². The van der Waals surface area contributed by atoms with E-state index >= 15 is 0 Å². The number of para-hydroxylation sites is 1. The van der Waals surface area contributed by atoms with Gasteiger partial charge in [-0.3, -0.25) is 4.79 Å². The quantitative estimate of drug-likeness (QED) is 0.627. The molecule has 6 heteroatoms. The summed E-state index contributed by atoms with van der Waals surface area (Å²) in [5, 5.41) is 7.48. The summed E-state index contributed by atoms with van der Waals surface area (Å²) >= 11 is 0. The fourth-order valence-corrected chi connectivity index (χ4v) is 3.26. The van der Waals surface area contributed by atoms with Gasteiger partial charge in [0.05, 0.1) is 5.69 Å². The van der Waals surface area contributed by atoms with E-state index in [2.05, 4.69) is 10.4 Å². The third-order valence-corrected chi connectivity index (χ3v) is 5.05. The summed E-state index contributed by atoms with van der Waals surface area (Å²) in [7, 11) is 0. The average Bonchev–Trinajstić information content (AvgIpc) is 3.51. The molecule has 1 saturated carbocycles. The predicted octanol–water partition coefficient (Wildman–Crippen LogP) is 3.61. The molecule has 1 atom stereocenters. The van der Waals surface area contributed by atoms with E-state index in [0.717, 1.165) is 24.1 Å². The molecule has 4 rings (SSSR count). The first kappa shape index (κ1) is 18.9. The normalized spacial score (nSPS) is 14.2. The third-order valence-electron chi connectivity index (χ3n) is 5.05. The van der Waals surface area contributed by atoms with Crippen LogP contribution in [0.1, 0.15) is 30.1 Å². The van der Waals surface area contributed by atoms with Gasteiger partial charge in [0.2, 0.25) is 0 Å². The second kappa shape index (κ2) is 8.31. The van der Waals surface area contributed by atoms with Crippen molar-refractivity contribution in [2.45, 2.75) is 25.8 Å². The van der Waals surface area contributed by atoms with Crippen molar-refractivity contribution in [3.63, 3.8) is 0 Å². The highest BCUT2D eigenvalue weighted by molar-refractivity contribution is 5.97. The molecule has 1 aliphatic carbocycles. The van der Waals surface area contributed by atoms with Gasteiger partial charge in [0.1, 0.15) is 11.3 Å². The van der Waals surface area contributed by atoms with Crippen molar-refractivity contribution in [2.24, 2.45) is 5.92 Å². The van der Waals surface area contributed by atoms with Crippen LogP contribution in [0.25, 0.3) is 16.9 Å². The number of ether oxygens (including phenoxy) is 1. The molecular weight excluding hydrogens is 366 g/mol. The van der Waals surface area contributed by atoms with Crippen LogP contribution in [0.15, 0.2) is 66.9 Å². The number of rotatable bonds is 7. The van der Waals surface area contributed by atoms with Gasteiger partial charge in [-0.2, -0.15) is 5.10 Å². The lowest BCUT2D eigenvalue weighted by molar-refractivity contribution is -0.124. The van der Waals surface area contributed by atoms with Gasteiger partial charge in [0.25, 0.3) is 5.91 Å². The molecular formula is C23H23N3O3. The number of hydrogen-bond acceptors (Lipinski definition) is 4. The molecule has 1 aromatic heterocycles. The number of nitrogens with one attached hydrogen (secondary N) is 1. The van der Waals surface area contributed by atoms with E-state index < -0.39 is 5.97 Å². The standard InChI is InChI=1S/C23H23N3O3/c1-16(17-12-13-17)24-21(27)15-29-23(28)20-14-26(19-10-6-3-7-11-19)25-22(20)18-8-4-2-5-9-18/h2-11,14,16-17H,12-13,15H2,1H3,(H,24,27)/t16-/m0/s1. The Balaban J connectivity index is 1.53. The number of nitrogens with zero attached hydrogens (tertiary/aromatic N) is 2. The first-order chi connectivity index (χ1) is 14.1. The van der Waals surface area contributed by atoms with Gasteiger partial charge < -0.3 is 10.1 Å². The van der Waals surface area contributed by atoms with Gasteiger partial charge in [-0.25, -0.2) is 9.48 Å². The fourth-order valence-electron chi connectivity index (χ4n) is 3.26. The van der Waals surface area contributed by atoms with Gasteiger partial charge in [0, 0.05) is 17.8 Å². The maximum atomic E-state index is 12.8. The average molecular weight is 389 g/mol. The molecule has 0 unspecified atom stereocenters. The number of amides is 1. The molecule has 1 amide bonds. The zero-order valence-electron chi connectivity index (χ0n) is 16.2. The van der Waals surface area contributed by atoms with Crippen molar-refractivity contribution < 1.29 is 14.3 Å². The van der Waals surface area contributed by atoms with Crippen LogP contribution >= 0.6 is 0 Å². The lowest BCUT2D eigenvalue weighted by Crippen LogP contribution is -2.37. The first-order valence-electron chi connectivity index (χ1n) is 9.79. The topological polar surface area (TPSA) is 73.2 Å². The minimum Gasteiger partial charge on any atom is -0.452 e. The second-order valence-corrected chi connectivity index (χ2v) is 7.31. The highest BCUT2D eigenvalue weighted by Gasteiger charge is 2.29. The predicted molar refractivity (Wildman–Crippen MR) is 110 cm³/mol. The largest absolute Gasteiger partial charge is 0.452 e. The Morgan fingerprint density at radius 1 is 1.10 bits per heavy atom. The molecule has 148 valence electrons. The molecule has 1 fully saturated rings. The summed E-state index contributed by atoms with van der Waals surface area (Å²) in [4.78, 5) is 24.9. The Labute approximate surface area is 169 Å². The van der Waals surface area contributed by atoms with Gasteiger partial charge in [-0.15, -0.1) is 0 Å². The monoisotopic (exact) mass is 389 g/mol. The summed E-state index contributed by atoms with van der Waals surface area (Å²) in [5.74, 6) is -0.307. The maximum absolute atomic E-state index is 12.8. The summed E-state index contributed by atoms with van der Waals surface area (Å²) < 4.78 is 6.94. The highest BCUT2D eigenvalue weighted by atomic mass is 16.5. The molecule has 1 aliphatic rings. The van der Waals surface area contributed by atoms with Crippen LogP contribution in [0.4, 0.5) is 0 Å². The van der Waals surface area contributed by atoms with Crippen LogP contribution in [-0.4, -0.2) is 34.3 Å². The molecule has 29 heavy (non-hydrogen) atoms. The third kappa shape index (κ3) is 4.54. The van der Waals surface area contributed by atoms with Crippen LogP contribution in [0.3, 0.4) is 0 Å². The van der Waals surface area contributed by atoms with E-state index in [9.17, 15) is 9.59 Å². The minimum atomic E-state index is -0.569. The van der Waals surface area contributed by atoms with E-state index in [1.807, 2.05) is 67.6 Å². The van der Waals surface area contributed by atoms with Crippen molar-refractivity contribution in [1.82, 2.24) is 15.1 Å². The van der Waals surface area contributed by atoms with E-state index in [-0.39, 0.29) is 18.6 Å². The smallest absolute Gasteiger partial charge is 0.342 e. The Bertz CT molecular complexity index is 995. The summed E-state index contributed by atoms with van der Waals surface area (Å²) in [6.45, 7) is 1.68. The van der Waals surface area contributed by atoms with E-state index in [0.29, 0.717) is 17.2 Å². The van der Waals surface area contributed by atoms with Gasteiger partial charge in [-0.1, -0.05) is 48.5 Å². The van der Waals surface area contributed by atoms with Crippen molar-refractivity contribution in [2.75, 3.05) is 6.61 Å². The molecule has 0 saturated heterocycles. The zero-order valence-corrected chi connectivity index (χ0v) is 16.2. The maximum Gasteiger partial charge on any atom is 0.342 e. The van der Waals surface area contributed by atoms with Crippen molar-refractivity contribution in [1.29, 1.82) is 0 Å². The van der Waals surface area contributed by atoms with E-state index in [1.54, 1.807) is 10.9 Å². The second-order valence-electron chi connectivity index (χ2n) is 7.31. The summed E-state index contributed by atoms with van der Waals surface area (Å²) in [5.41, 5.74) is 2.48. The molecule has 1 heterocycles. The minimum absolute atomic E-state index is 0.113. The SMILES string of the molecule is C[C@H](NC(=O)COC(=O)c1cn(-c2ccccc2)nc1-c1ccccc1)C1CC1. The van der Waals surface area contributed by atoms with Crippen molar-refractivity contribution in [3.05, 3.63) is 72.4 Å². The highest BCUT2D eigenvalue weighted by Crippen LogP contribution is 2.32. The van der Waals surface area contributed by atoms with Crippen LogP contribution in [-0.2, 0) is 9.53 Å². The molecule has 0 bridgehead atoms. The number of benzene rings is 2. The van der Waals surface area contributed by atoms with Crippen LogP contribution in [0, 0.1) is 5.92 Å². The molecule has 1 N–H and O–H groups in total. The van der Waals surface area contributed by atoms with Crippen LogP contribution in [0.2, 0.25) is 0 Å². The lowest BCUT2D eigenvalue weighted by atomic mass is 10.1. The van der Waals surface area contributed by atoms with Gasteiger partial charge >= 0.3 is 5.97 Å². The van der Waals surface area contributed by atoms with Gasteiger partial charge in [-0.05, 0) is 37.8 Å². The molecule has 0 radical (unpaired) electrons. The molecule has 2 aromatic carbocycles.